The van der Waals surface area contributed by atoms with Gasteiger partial charge in [0.15, 0.2) is 4.80 Å². The van der Waals surface area contributed by atoms with Crippen molar-refractivity contribution in [2.45, 2.75) is 20.4 Å². The molecule has 1 amide bonds. The first-order valence-corrected chi connectivity index (χ1v) is 8.99. The van der Waals surface area contributed by atoms with Gasteiger partial charge in [0, 0.05) is 10.0 Å². The number of halogens is 1. The number of rotatable bonds is 2. The summed E-state index contributed by atoms with van der Waals surface area (Å²) in [6.45, 7) is 4.49. The molecule has 0 fully saturated rings. The van der Waals surface area contributed by atoms with E-state index in [2.05, 4.69) is 52.8 Å². The Morgan fingerprint density at radius 2 is 2.12 bits per heavy atom. The Hall–Kier alpha value is -2.16. The van der Waals surface area contributed by atoms with Crippen LogP contribution in [0.15, 0.2) is 45.9 Å². The van der Waals surface area contributed by atoms with Gasteiger partial charge in [0.1, 0.15) is 0 Å². The van der Waals surface area contributed by atoms with Crippen molar-refractivity contribution in [3.05, 3.63) is 62.4 Å². The molecule has 5 heteroatoms. The summed E-state index contributed by atoms with van der Waals surface area (Å²) in [5, 5.41) is 0. The number of thiazole rings is 1. The van der Waals surface area contributed by atoms with Crippen molar-refractivity contribution in [3.8, 4) is 12.3 Å². The van der Waals surface area contributed by atoms with Gasteiger partial charge in [-0.3, -0.25) is 4.79 Å². The number of carbonyl (C=O) groups excluding carboxylic acids is 1. The lowest BCUT2D eigenvalue weighted by Crippen LogP contribution is -2.17. The molecule has 0 spiro atoms. The number of fused-ring (bicyclic) bond motifs is 1. The zero-order chi connectivity index (χ0) is 17.3. The minimum atomic E-state index is -0.275. The summed E-state index contributed by atoms with van der Waals surface area (Å²) in [5.74, 6) is 2.38. The zero-order valence-corrected chi connectivity index (χ0v) is 15.7. The van der Waals surface area contributed by atoms with Crippen molar-refractivity contribution in [1.29, 1.82) is 0 Å². The molecule has 3 rings (SSSR count). The first kappa shape index (κ1) is 16.7. The van der Waals surface area contributed by atoms with Crippen molar-refractivity contribution in [2.75, 3.05) is 0 Å². The second-order valence-electron chi connectivity index (χ2n) is 5.53. The predicted molar refractivity (Wildman–Crippen MR) is 102 cm³/mol. The third-order valence-electron chi connectivity index (χ3n) is 3.63. The molecule has 0 unspecified atom stereocenters. The number of terminal acetylenes is 1. The van der Waals surface area contributed by atoms with Crippen molar-refractivity contribution < 1.29 is 4.79 Å². The molecule has 3 nitrogen and oxygen atoms in total. The maximum atomic E-state index is 12.5. The van der Waals surface area contributed by atoms with Crippen molar-refractivity contribution in [2.24, 2.45) is 4.99 Å². The summed E-state index contributed by atoms with van der Waals surface area (Å²) in [6, 6.07) is 11.4. The Labute approximate surface area is 152 Å². The summed E-state index contributed by atoms with van der Waals surface area (Å²) < 4.78 is 3.87. The molecule has 24 heavy (non-hydrogen) atoms. The number of hydrogen-bond acceptors (Lipinski definition) is 2. The van der Waals surface area contributed by atoms with Gasteiger partial charge in [0.25, 0.3) is 5.91 Å². The maximum Gasteiger partial charge on any atom is 0.279 e. The van der Waals surface area contributed by atoms with Gasteiger partial charge < -0.3 is 4.57 Å². The smallest absolute Gasteiger partial charge is 0.279 e. The standard InChI is InChI=1S/C19H15BrN2OS/c1-4-8-22-17-13(3)9-12(2)10-16(17)24-19(22)21-18(23)14-6-5-7-15(20)11-14/h1,5-7,9-11H,8H2,2-3H3. The van der Waals surface area contributed by atoms with Crippen LogP contribution >= 0.6 is 27.3 Å². The van der Waals surface area contributed by atoms with Crippen LogP contribution in [0.25, 0.3) is 10.2 Å². The van der Waals surface area contributed by atoms with Crippen LogP contribution < -0.4 is 4.80 Å². The lowest BCUT2D eigenvalue weighted by Gasteiger charge is -2.04. The molecular formula is C19H15BrN2OS. The first-order chi connectivity index (χ1) is 11.5. The first-order valence-electron chi connectivity index (χ1n) is 7.38. The van der Waals surface area contributed by atoms with Crippen LogP contribution in [0.5, 0.6) is 0 Å². The molecule has 0 N–H and O–H groups in total. The third kappa shape index (κ3) is 3.21. The Morgan fingerprint density at radius 3 is 2.83 bits per heavy atom. The number of benzene rings is 2. The summed E-state index contributed by atoms with van der Waals surface area (Å²) in [5.41, 5.74) is 3.90. The van der Waals surface area contributed by atoms with Gasteiger partial charge in [-0.2, -0.15) is 4.99 Å². The topological polar surface area (TPSA) is 34.4 Å². The fraction of sp³-hybridized carbons (Fsp3) is 0.158. The predicted octanol–water partition coefficient (Wildman–Crippen LogP) is 4.46. The largest absolute Gasteiger partial charge is 0.304 e. The highest BCUT2D eigenvalue weighted by Gasteiger charge is 2.11. The molecule has 1 aromatic heterocycles. The minimum Gasteiger partial charge on any atom is -0.304 e. The highest BCUT2D eigenvalue weighted by molar-refractivity contribution is 9.10. The SMILES string of the molecule is C#CCn1c(=NC(=O)c2cccc(Br)c2)sc2cc(C)cc(C)c21. The average molecular weight is 399 g/mol. The number of aryl methyl sites for hydroxylation is 2. The Kier molecular flexibility index (Phi) is 4.70. The third-order valence-corrected chi connectivity index (χ3v) is 5.15. The number of hydrogen-bond donors (Lipinski definition) is 0. The number of aromatic nitrogens is 1. The van der Waals surface area contributed by atoms with Gasteiger partial charge in [0.05, 0.1) is 16.8 Å². The molecule has 2 aromatic carbocycles. The van der Waals surface area contributed by atoms with Gasteiger partial charge in [-0.15, -0.1) is 6.42 Å². The monoisotopic (exact) mass is 398 g/mol. The van der Waals surface area contributed by atoms with Gasteiger partial charge in [0.2, 0.25) is 0 Å². The van der Waals surface area contributed by atoms with E-state index in [0.717, 1.165) is 20.3 Å². The fourth-order valence-corrected chi connectivity index (χ4v) is 4.29. The van der Waals surface area contributed by atoms with Crippen molar-refractivity contribution in [1.82, 2.24) is 4.57 Å². The fourth-order valence-electron chi connectivity index (χ4n) is 2.69. The van der Waals surface area contributed by atoms with Crippen LogP contribution in [-0.4, -0.2) is 10.5 Å². The molecule has 3 aromatic rings. The normalized spacial score (nSPS) is 11.7. The second-order valence-corrected chi connectivity index (χ2v) is 7.46. The molecule has 120 valence electrons. The highest BCUT2D eigenvalue weighted by atomic mass is 79.9. The highest BCUT2D eigenvalue weighted by Crippen LogP contribution is 2.23. The molecule has 0 aliphatic rings. The molecule has 0 bridgehead atoms. The van der Waals surface area contributed by atoms with E-state index in [9.17, 15) is 4.79 Å². The molecular weight excluding hydrogens is 384 g/mol. The molecule has 0 saturated heterocycles. The van der Waals surface area contributed by atoms with E-state index >= 15 is 0 Å². The summed E-state index contributed by atoms with van der Waals surface area (Å²) in [6.07, 6.45) is 5.52. The molecule has 0 aliphatic heterocycles. The van der Waals surface area contributed by atoms with Crippen LogP contribution in [0.3, 0.4) is 0 Å². The van der Waals surface area contributed by atoms with Crippen LogP contribution in [0.2, 0.25) is 0 Å². The van der Waals surface area contributed by atoms with E-state index in [4.69, 9.17) is 6.42 Å². The van der Waals surface area contributed by atoms with Gasteiger partial charge in [-0.25, -0.2) is 0 Å². The summed E-state index contributed by atoms with van der Waals surface area (Å²) >= 11 is 4.87. The molecule has 0 saturated carbocycles. The minimum absolute atomic E-state index is 0.275. The Bertz CT molecular complexity index is 1050. The lowest BCUT2D eigenvalue weighted by atomic mass is 10.1. The molecule has 0 aliphatic carbocycles. The zero-order valence-electron chi connectivity index (χ0n) is 13.3. The van der Waals surface area contributed by atoms with E-state index in [1.165, 1.54) is 16.9 Å². The van der Waals surface area contributed by atoms with Crippen LogP contribution in [0.1, 0.15) is 21.5 Å². The van der Waals surface area contributed by atoms with E-state index in [0.29, 0.717) is 16.9 Å². The Morgan fingerprint density at radius 1 is 1.33 bits per heavy atom. The van der Waals surface area contributed by atoms with Crippen molar-refractivity contribution in [3.63, 3.8) is 0 Å². The number of nitrogens with zero attached hydrogens (tertiary/aromatic N) is 2. The maximum absolute atomic E-state index is 12.5. The van der Waals surface area contributed by atoms with E-state index in [1.807, 2.05) is 16.7 Å². The average Bonchev–Trinajstić information content (AvgIpc) is 2.85. The number of carbonyl (C=O) groups is 1. The quantitative estimate of drug-likeness (QED) is 0.586. The van der Waals surface area contributed by atoms with Crippen LogP contribution in [0, 0.1) is 26.2 Å². The van der Waals surface area contributed by atoms with Crippen LogP contribution in [-0.2, 0) is 6.54 Å². The second kappa shape index (κ2) is 6.76. The van der Waals surface area contributed by atoms with Gasteiger partial charge >= 0.3 is 0 Å². The Balaban J connectivity index is 2.22. The summed E-state index contributed by atoms with van der Waals surface area (Å²) in [7, 11) is 0. The molecule has 0 radical (unpaired) electrons. The molecule has 0 atom stereocenters. The number of amides is 1. The van der Waals surface area contributed by atoms with E-state index in [-0.39, 0.29) is 5.91 Å². The van der Waals surface area contributed by atoms with Crippen molar-refractivity contribution >= 4 is 43.4 Å². The lowest BCUT2D eigenvalue weighted by molar-refractivity contribution is 0.0998. The van der Waals surface area contributed by atoms with Gasteiger partial charge in [-0.05, 0) is 49.2 Å². The molecule has 1 heterocycles. The van der Waals surface area contributed by atoms with E-state index in [1.54, 1.807) is 12.1 Å². The van der Waals surface area contributed by atoms with Gasteiger partial charge in [-0.1, -0.05) is 45.3 Å². The summed E-state index contributed by atoms with van der Waals surface area (Å²) in [4.78, 5) is 17.5. The van der Waals surface area contributed by atoms with E-state index < -0.39 is 0 Å². The van der Waals surface area contributed by atoms with Crippen LogP contribution in [0.4, 0.5) is 0 Å².